The van der Waals surface area contributed by atoms with Gasteiger partial charge in [0.05, 0.1) is 25.9 Å². The SMILES string of the molecule is C#CCn1c(=O)c2c(nc(CCc3ccccc3Br)n2C(C)CC)n(CCCCP(=O)(OCC)OCC)c1=O. The van der Waals surface area contributed by atoms with Crippen LogP contribution in [-0.2, 0) is 39.5 Å². The van der Waals surface area contributed by atoms with Crippen LogP contribution in [0, 0.1) is 12.3 Å². The quantitative estimate of drug-likeness (QED) is 0.125. The van der Waals surface area contributed by atoms with Crippen molar-refractivity contribution in [1.82, 2.24) is 18.7 Å². The third kappa shape index (κ3) is 7.20. The van der Waals surface area contributed by atoms with Crippen LogP contribution in [0.2, 0.25) is 0 Å². The Hall–Kier alpha value is -2.44. The van der Waals surface area contributed by atoms with Gasteiger partial charge in [0.2, 0.25) is 0 Å². The minimum atomic E-state index is -3.18. The molecule has 39 heavy (non-hydrogen) atoms. The van der Waals surface area contributed by atoms with E-state index in [4.69, 9.17) is 20.5 Å². The Kier molecular flexibility index (Phi) is 11.4. The molecule has 9 nitrogen and oxygen atoms in total. The van der Waals surface area contributed by atoms with E-state index in [1.165, 1.54) is 4.57 Å². The van der Waals surface area contributed by atoms with Crippen LogP contribution in [-0.4, -0.2) is 38.1 Å². The third-order valence-corrected chi connectivity index (χ3v) is 9.64. The highest BCUT2D eigenvalue weighted by atomic mass is 79.9. The summed E-state index contributed by atoms with van der Waals surface area (Å²) in [7, 11) is -3.18. The Morgan fingerprint density at radius 2 is 1.77 bits per heavy atom. The lowest BCUT2D eigenvalue weighted by molar-refractivity contribution is 0.219. The lowest BCUT2D eigenvalue weighted by atomic mass is 10.1. The van der Waals surface area contributed by atoms with Crippen molar-refractivity contribution in [2.24, 2.45) is 0 Å². The molecule has 2 heterocycles. The number of hydrogen-bond donors (Lipinski definition) is 0. The standard InChI is InChI=1S/C28H38BrN4O5P/c1-6-18-32-27(34)25-26(31(28(32)35)19-12-13-20-39(36,37-8-3)38-9-4)30-24(33(25)21(5)7-2)17-16-22-14-10-11-15-23(22)29/h1,10-11,14-15,21H,7-9,12-13,16-20H2,2-5H3. The monoisotopic (exact) mass is 620 g/mol. The normalized spacial score (nSPS) is 12.6. The minimum Gasteiger partial charge on any atom is -0.319 e. The van der Waals surface area contributed by atoms with Crippen molar-refractivity contribution in [3.63, 3.8) is 0 Å². The van der Waals surface area contributed by atoms with Crippen LogP contribution in [0.3, 0.4) is 0 Å². The van der Waals surface area contributed by atoms with Gasteiger partial charge in [0, 0.05) is 23.5 Å². The molecule has 212 valence electrons. The molecular weight excluding hydrogens is 583 g/mol. The highest BCUT2D eigenvalue weighted by molar-refractivity contribution is 9.10. The second-order valence-corrected chi connectivity index (χ2v) is 12.4. The first-order chi connectivity index (χ1) is 18.7. The summed E-state index contributed by atoms with van der Waals surface area (Å²) < 4.78 is 29.3. The van der Waals surface area contributed by atoms with Crippen LogP contribution < -0.4 is 11.2 Å². The average molecular weight is 622 g/mol. The zero-order chi connectivity index (χ0) is 28.6. The number of aryl methyl sites for hydroxylation is 3. The highest BCUT2D eigenvalue weighted by Crippen LogP contribution is 2.48. The molecule has 1 unspecified atom stereocenters. The zero-order valence-corrected chi connectivity index (χ0v) is 25.7. The maximum absolute atomic E-state index is 13.6. The van der Waals surface area contributed by atoms with Gasteiger partial charge in [-0.3, -0.25) is 13.9 Å². The number of aromatic nitrogens is 4. The fourth-order valence-corrected chi connectivity index (χ4v) is 6.87. The summed E-state index contributed by atoms with van der Waals surface area (Å²) in [6.45, 7) is 8.40. The summed E-state index contributed by atoms with van der Waals surface area (Å²) in [5.41, 5.74) is 0.959. The molecule has 1 aromatic carbocycles. The van der Waals surface area contributed by atoms with Crippen molar-refractivity contribution in [3.8, 4) is 12.3 Å². The molecule has 0 radical (unpaired) electrons. The minimum absolute atomic E-state index is 0.00887. The Balaban J connectivity index is 2.05. The van der Waals surface area contributed by atoms with Gasteiger partial charge in [-0.25, -0.2) is 14.3 Å². The smallest absolute Gasteiger partial charge is 0.319 e. The van der Waals surface area contributed by atoms with Crippen LogP contribution in [0.4, 0.5) is 0 Å². The molecule has 0 N–H and O–H groups in total. The molecule has 3 aromatic rings. The van der Waals surface area contributed by atoms with Crippen LogP contribution in [0.25, 0.3) is 11.2 Å². The van der Waals surface area contributed by atoms with E-state index in [2.05, 4.69) is 34.8 Å². The van der Waals surface area contributed by atoms with E-state index < -0.39 is 18.8 Å². The summed E-state index contributed by atoms with van der Waals surface area (Å²) in [5, 5.41) is 0. The number of rotatable bonds is 15. The van der Waals surface area contributed by atoms with Crippen molar-refractivity contribution in [3.05, 3.63) is 61.0 Å². The summed E-state index contributed by atoms with van der Waals surface area (Å²) in [6.07, 6.45) is 8.91. The lowest BCUT2D eigenvalue weighted by Gasteiger charge is -2.17. The lowest BCUT2D eigenvalue weighted by Crippen LogP contribution is -2.40. The number of halogens is 1. The molecule has 0 bridgehead atoms. The molecule has 0 aliphatic carbocycles. The summed E-state index contributed by atoms with van der Waals surface area (Å²) in [4.78, 5) is 31.9. The maximum Gasteiger partial charge on any atom is 0.333 e. The summed E-state index contributed by atoms with van der Waals surface area (Å²) in [5.74, 6) is 3.19. The van der Waals surface area contributed by atoms with Crippen molar-refractivity contribution in [2.75, 3.05) is 19.4 Å². The first kappa shape index (κ1) is 31.1. The van der Waals surface area contributed by atoms with Crippen LogP contribution in [0.1, 0.15) is 64.4 Å². The second kappa shape index (κ2) is 14.3. The number of imidazole rings is 1. The fourth-order valence-electron chi connectivity index (χ4n) is 4.65. The van der Waals surface area contributed by atoms with E-state index in [1.807, 2.05) is 29.7 Å². The summed E-state index contributed by atoms with van der Waals surface area (Å²) in [6, 6.07) is 8.00. The Labute approximate surface area is 238 Å². The van der Waals surface area contributed by atoms with E-state index >= 15 is 0 Å². The number of hydrogen-bond acceptors (Lipinski definition) is 6. The van der Waals surface area contributed by atoms with Gasteiger partial charge in [-0.2, -0.15) is 0 Å². The van der Waals surface area contributed by atoms with Gasteiger partial charge < -0.3 is 13.6 Å². The van der Waals surface area contributed by atoms with E-state index in [0.29, 0.717) is 56.6 Å². The number of benzene rings is 1. The predicted molar refractivity (Wildman–Crippen MR) is 159 cm³/mol. The van der Waals surface area contributed by atoms with Gasteiger partial charge in [0.15, 0.2) is 11.2 Å². The van der Waals surface area contributed by atoms with Gasteiger partial charge in [-0.1, -0.05) is 47.0 Å². The highest BCUT2D eigenvalue weighted by Gasteiger charge is 2.25. The van der Waals surface area contributed by atoms with Gasteiger partial charge in [0.25, 0.3) is 5.56 Å². The first-order valence-electron chi connectivity index (χ1n) is 13.5. The zero-order valence-electron chi connectivity index (χ0n) is 23.2. The van der Waals surface area contributed by atoms with E-state index in [1.54, 1.807) is 13.8 Å². The topological polar surface area (TPSA) is 97.3 Å². The van der Waals surface area contributed by atoms with Crippen LogP contribution in [0.15, 0.2) is 38.3 Å². The number of terminal acetylenes is 1. The molecular formula is C28H38BrN4O5P. The molecule has 0 spiro atoms. The number of fused-ring (bicyclic) bond motifs is 1. The maximum atomic E-state index is 13.6. The van der Waals surface area contributed by atoms with E-state index in [9.17, 15) is 14.2 Å². The van der Waals surface area contributed by atoms with E-state index in [-0.39, 0.29) is 18.7 Å². The summed E-state index contributed by atoms with van der Waals surface area (Å²) >= 11 is 3.61. The number of nitrogens with zero attached hydrogens (tertiary/aromatic N) is 4. The van der Waals surface area contributed by atoms with Crippen LogP contribution >= 0.6 is 23.5 Å². The van der Waals surface area contributed by atoms with Gasteiger partial charge in [-0.05, 0) is 58.1 Å². The average Bonchev–Trinajstić information content (AvgIpc) is 3.29. The van der Waals surface area contributed by atoms with Crippen LogP contribution in [0.5, 0.6) is 0 Å². The molecule has 0 aliphatic rings. The molecule has 2 aromatic heterocycles. The Morgan fingerprint density at radius 1 is 1.08 bits per heavy atom. The predicted octanol–water partition coefficient (Wildman–Crippen LogP) is 5.56. The molecule has 0 saturated carbocycles. The van der Waals surface area contributed by atoms with Gasteiger partial charge in [0.1, 0.15) is 5.82 Å². The van der Waals surface area contributed by atoms with Gasteiger partial charge >= 0.3 is 13.3 Å². The Bertz CT molecular complexity index is 1480. The van der Waals surface area contributed by atoms with Crippen molar-refractivity contribution in [2.45, 2.75) is 78.9 Å². The molecule has 0 amide bonds. The fraction of sp³-hybridized carbons (Fsp3) is 0.536. The molecule has 3 rings (SSSR count). The second-order valence-electron chi connectivity index (χ2n) is 9.33. The first-order valence-corrected chi connectivity index (χ1v) is 16.0. The molecule has 11 heteroatoms. The van der Waals surface area contributed by atoms with Crippen molar-refractivity contribution in [1.29, 1.82) is 0 Å². The largest absolute Gasteiger partial charge is 0.333 e. The van der Waals surface area contributed by atoms with Gasteiger partial charge in [-0.15, -0.1) is 6.42 Å². The third-order valence-electron chi connectivity index (χ3n) is 6.70. The molecule has 0 fully saturated rings. The number of unbranched alkanes of at least 4 members (excludes halogenated alkanes) is 1. The molecule has 0 saturated heterocycles. The van der Waals surface area contributed by atoms with E-state index in [0.717, 1.165) is 26.8 Å². The molecule has 0 aliphatic heterocycles. The van der Waals surface area contributed by atoms with Crippen molar-refractivity contribution < 1.29 is 13.6 Å². The Morgan fingerprint density at radius 3 is 2.38 bits per heavy atom. The molecule has 1 atom stereocenters. The van der Waals surface area contributed by atoms with Crippen molar-refractivity contribution >= 4 is 34.7 Å².